The number of nitriles is 1. The Labute approximate surface area is 188 Å². The van der Waals surface area contributed by atoms with E-state index in [0.717, 1.165) is 28.2 Å². The zero-order chi connectivity index (χ0) is 22.7. The van der Waals surface area contributed by atoms with Crippen LogP contribution in [0.2, 0.25) is 0 Å². The summed E-state index contributed by atoms with van der Waals surface area (Å²) in [6.45, 7) is 6.02. The molecule has 1 aromatic heterocycles. The van der Waals surface area contributed by atoms with Crippen molar-refractivity contribution < 1.29 is 14.3 Å². The second-order valence-electron chi connectivity index (χ2n) is 8.36. The van der Waals surface area contributed by atoms with E-state index in [1.165, 1.54) is 0 Å². The summed E-state index contributed by atoms with van der Waals surface area (Å²) in [6.07, 6.45) is 0.582. The number of amides is 1. The number of carbonyl (C=O) groups excluding carboxylic acids is 1. The third-order valence-electron chi connectivity index (χ3n) is 5.52. The number of hydrogen-bond acceptors (Lipinski definition) is 5. The van der Waals surface area contributed by atoms with Crippen molar-refractivity contribution in [2.24, 2.45) is 0 Å². The molecule has 0 atom stereocenters. The Morgan fingerprint density at radius 1 is 1.09 bits per heavy atom. The average molecular weight is 428 g/mol. The molecule has 6 heteroatoms. The minimum Gasteiger partial charge on any atom is -0.467 e. The topological polar surface area (TPSA) is 75.5 Å². The van der Waals surface area contributed by atoms with Crippen molar-refractivity contribution >= 4 is 17.3 Å². The molecule has 32 heavy (non-hydrogen) atoms. The van der Waals surface area contributed by atoms with E-state index in [1.54, 1.807) is 4.90 Å². The van der Waals surface area contributed by atoms with Crippen LogP contribution in [0.15, 0.2) is 60.7 Å². The van der Waals surface area contributed by atoms with E-state index in [1.807, 2.05) is 81.4 Å². The summed E-state index contributed by atoms with van der Waals surface area (Å²) in [6, 6.07) is 21.0. The number of fused-ring (bicyclic) bond motifs is 1. The fourth-order valence-electron chi connectivity index (χ4n) is 3.91. The number of anilines is 2. The van der Waals surface area contributed by atoms with Gasteiger partial charge in [0.15, 0.2) is 6.61 Å². The van der Waals surface area contributed by atoms with Crippen molar-refractivity contribution in [3.63, 3.8) is 0 Å². The molecule has 0 N–H and O–H groups in total. The number of para-hydroxylation sites is 2. The Kier molecular flexibility index (Phi) is 5.93. The van der Waals surface area contributed by atoms with Gasteiger partial charge in [-0.25, -0.2) is 4.98 Å². The highest BCUT2D eigenvalue weighted by molar-refractivity contribution is 6.01. The number of carbonyl (C=O) groups is 1. The number of nitrogens with zero attached hydrogens (tertiary/aromatic N) is 3. The number of aromatic nitrogens is 1. The highest BCUT2D eigenvalue weighted by atomic mass is 16.5. The lowest BCUT2D eigenvalue weighted by molar-refractivity contribution is -0.119. The number of hydrogen-bond donors (Lipinski definition) is 0. The molecule has 0 unspecified atom stereocenters. The monoisotopic (exact) mass is 427 g/mol. The maximum atomic E-state index is 13.3. The molecule has 0 fully saturated rings. The molecule has 2 heterocycles. The summed E-state index contributed by atoms with van der Waals surface area (Å²) in [4.78, 5) is 19.4. The van der Waals surface area contributed by atoms with Crippen LogP contribution in [-0.4, -0.2) is 23.1 Å². The maximum Gasteiger partial charge on any atom is 0.269 e. The summed E-state index contributed by atoms with van der Waals surface area (Å²) in [5.41, 5.74) is 4.04. The Morgan fingerprint density at radius 3 is 2.25 bits per heavy atom. The molecule has 162 valence electrons. The lowest BCUT2D eigenvalue weighted by Gasteiger charge is -2.33. The van der Waals surface area contributed by atoms with Gasteiger partial charge in [-0.15, -0.1) is 0 Å². The highest BCUT2D eigenvalue weighted by Gasteiger charge is 2.31. The first kappa shape index (κ1) is 21.5. The van der Waals surface area contributed by atoms with Crippen LogP contribution >= 0.6 is 0 Å². The predicted octanol–water partition coefficient (Wildman–Crippen LogP) is 4.86. The first-order valence-electron chi connectivity index (χ1n) is 10.5. The molecule has 6 nitrogen and oxygen atoms in total. The van der Waals surface area contributed by atoms with E-state index in [0.29, 0.717) is 18.6 Å². The van der Waals surface area contributed by atoms with Crippen molar-refractivity contribution in [2.75, 3.05) is 11.5 Å². The van der Waals surface area contributed by atoms with E-state index in [4.69, 9.17) is 9.47 Å². The van der Waals surface area contributed by atoms with E-state index >= 15 is 0 Å². The van der Waals surface area contributed by atoms with Gasteiger partial charge in [0.05, 0.1) is 12.2 Å². The Hall–Kier alpha value is -3.69. The van der Waals surface area contributed by atoms with Crippen LogP contribution in [0.5, 0.6) is 5.88 Å². The van der Waals surface area contributed by atoms with E-state index in [-0.39, 0.29) is 24.0 Å². The maximum absolute atomic E-state index is 13.3. The number of rotatable bonds is 5. The largest absolute Gasteiger partial charge is 0.467 e. The SMILES string of the molecule is Cc1nc(OCC(=O)N(c2ccccc2)c2ccccc2)c(C#N)c2c1COC(C)(C)C2. The molecular weight excluding hydrogens is 402 g/mol. The lowest BCUT2D eigenvalue weighted by Crippen LogP contribution is -2.34. The third-order valence-corrected chi connectivity index (χ3v) is 5.52. The van der Waals surface area contributed by atoms with Crippen molar-refractivity contribution in [3.05, 3.63) is 83.0 Å². The normalized spacial score (nSPS) is 14.2. The van der Waals surface area contributed by atoms with Gasteiger partial charge in [-0.05, 0) is 50.6 Å². The molecular formula is C26H25N3O3. The number of aryl methyl sites for hydroxylation is 1. The van der Waals surface area contributed by atoms with Crippen molar-refractivity contribution in [1.29, 1.82) is 5.26 Å². The Balaban J connectivity index is 1.63. The summed E-state index contributed by atoms with van der Waals surface area (Å²) < 4.78 is 11.8. The highest BCUT2D eigenvalue weighted by Crippen LogP contribution is 2.35. The van der Waals surface area contributed by atoms with Crippen LogP contribution in [0, 0.1) is 18.3 Å². The van der Waals surface area contributed by atoms with Crippen molar-refractivity contribution in [2.45, 2.75) is 39.4 Å². The van der Waals surface area contributed by atoms with Crippen LogP contribution in [0.1, 0.15) is 36.2 Å². The van der Waals surface area contributed by atoms with Crippen LogP contribution in [0.25, 0.3) is 0 Å². The van der Waals surface area contributed by atoms with Gasteiger partial charge in [0.2, 0.25) is 5.88 Å². The minimum atomic E-state index is -0.378. The average Bonchev–Trinajstić information content (AvgIpc) is 2.78. The molecule has 0 saturated carbocycles. The minimum absolute atomic E-state index is 0.191. The number of benzene rings is 2. The van der Waals surface area contributed by atoms with Gasteiger partial charge in [0, 0.05) is 29.1 Å². The molecule has 0 aliphatic carbocycles. The second-order valence-corrected chi connectivity index (χ2v) is 8.36. The van der Waals surface area contributed by atoms with Crippen LogP contribution in [0.3, 0.4) is 0 Å². The lowest BCUT2D eigenvalue weighted by atomic mass is 9.88. The zero-order valence-corrected chi connectivity index (χ0v) is 18.5. The standard InChI is InChI=1S/C26H25N3O3/c1-18-23-16-32-26(2,3)14-21(23)22(15-27)25(28-18)31-17-24(30)29(19-10-6-4-7-11-19)20-12-8-5-9-13-20/h4-13H,14,16-17H2,1-3H3. The van der Waals surface area contributed by atoms with E-state index < -0.39 is 0 Å². The van der Waals surface area contributed by atoms with Gasteiger partial charge < -0.3 is 9.47 Å². The molecule has 0 spiro atoms. The number of ether oxygens (including phenoxy) is 2. The fourth-order valence-corrected chi connectivity index (χ4v) is 3.91. The molecule has 2 aromatic carbocycles. The van der Waals surface area contributed by atoms with Gasteiger partial charge in [-0.3, -0.25) is 9.69 Å². The Bertz CT molecular complexity index is 1130. The van der Waals surface area contributed by atoms with Gasteiger partial charge in [-0.2, -0.15) is 5.26 Å². The van der Waals surface area contributed by atoms with E-state index in [9.17, 15) is 10.1 Å². The molecule has 4 rings (SSSR count). The Morgan fingerprint density at radius 2 is 1.69 bits per heavy atom. The van der Waals surface area contributed by atoms with Gasteiger partial charge >= 0.3 is 0 Å². The zero-order valence-electron chi connectivity index (χ0n) is 18.5. The third kappa shape index (κ3) is 4.34. The quantitative estimate of drug-likeness (QED) is 0.581. The van der Waals surface area contributed by atoms with Gasteiger partial charge in [0.25, 0.3) is 5.91 Å². The molecule has 1 aliphatic rings. The fraction of sp³-hybridized carbons (Fsp3) is 0.269. The second kappa shape index (κ2) is 8.81. The van der Waals surface area contributed by atoms with Crippen LogP contribution < -0.4 is 9.64 Å². The van der Waals surface area contributed by atoms with E-state index in [2.05, 4.69) is 11.1 Å². The summed E-state index contributed by atoms with van der Waals surface area (Å²) in [5, 5.41) is 9.86. The summed E-state index contributed by atoms with van der Waals surface area (Å²) >= 11 is 0. The first-order chi connectivity index (χ1) is 15.4. The van der Waals surface area contributed by atoms with Crippen molar-refractivity contribution in [1.82, 2.24) is 4.98 Å². The molecule has 1 amide bonds. The number of pyridine rings is 1. The molecule has 0 bridgehead atoms. The van der Waals surface area contributed by atoms with Crippen molar-refractivity contribution in [3.8, 4) is 11.9 Å². The van der Waals surface area contributed by atoms with Crippen LogP contribution in [-0.2, 0) is 22.6 Å². The molecule has 0 radical (unpaired) electrons. The van der Waals surface area contributed by atoms with Gasteiger partial charge in [0.1, 0.15) is 11.6 Å². The smallest absolute Gasteiger partial charge is 0.269 e. The predicted molar refractivity (Wildman–Crippen MR) is 122 cm³/mol. The summed E-state index contributed by atoms with van der Waals surface area (Å²) in [7, 11) is 0. The molecule has 0 saturated heterocycles. The first-order valence-corrected chi connectivity index (χ1v) is 10.5. The molecule has 1 aliphatic heterocycles. The summed E-state index contributed by atoms with van der Waals surface area (Å²) in [5.74, 6) is -0.0667. The molecule has 3 aromatic rings. The van der Waals surface area contributed by atoms with Crippen LogP contribution in [0.4, 0.5) is 11.4 Å². The van der Waals surface area contributed by atoms with Gasteiger partial charge in [-0.1, -0.05) is 36.4 Å².